The number of hydrogen-bond donors (Lipinski definition) is 0. The van der Waals surface area contributed by atoms with Crippen molar-refractivity contribution in [3.63, 3.8) is 0 Å². The van der Waals surface area contributed by atoms with Crippen molar-refractivity contribution < 1.29 is 4.79 Å². The van der Waals surface area contributed by atoms with Gasteiger partial charge in [-0.1, -0.05) is 48.5 Å². The van der Waals surface area contributed by atoms with Crippen LogP contribution >= 0.6 is 11.6 Å². The van der Waals surface area contributed by atoms with Crippen molar-refractivity contribution in [3.8, 4) is 0 Å². The highest BCUT2D eigenvalue weighted by Gasteiger charge is 2.39. The number of aryl methyl sites for hydroxylation is 1. The molecule has 0 spiro atoms. The van der Waals surface area contributed by atoms with Gasteiger partial charge in [-0.05, 0) is 61.7 Å². The summed E-state index contributed by atoms with van der Waals surface area (Å²) < 4.78 is 0. The van der Waals surface area contributed by atoms with Gasteiger partial charge in [0.05, 0.1) is 0 Å². The number of fused-ring (bicyclic) bond motifs is 1. The third kappa shape index (κ3) is 4.37. The number of para-hydroxylation sites is 1. The van der Waals surface area contributed by atoms with Crippen molar-refractivity contribution in [1.29, 1.82) is 0 Å². The Morgan fingerprint density at radius 1 is 1.03 bits per heavy atom. The van der Waals surface area contributed by atoms with E-state index >= 15 is 0 Å². The van der Waals surface area contributed by atoms with E-state index in [4.69, 9.17) is 11.6 Å². The molecule has 0 aromatic heterocycles. The zero-order valence-corrected chi connectivity index (χ0v) is 19.4. The van der Waals surface area contributed by atoms with E-state index in [1.807, 2.05) is 23.1 Å². The number of amides is 1. The van der Waals surface area contributed by atoms with Crippen molar-refractivity contribution in [2.45, 2.75) is 31.1 Å². The maximum absolute atomic E-state index is 12.6. The Morgan fingerprint density at radius 2 is 1.71 bits per heavy atom. The Balaban J connectivity index is 1.45. The molecule has 4 nitrogen and oxygen atoms in total. The van der Waals surface area contributed by atoms with E-state index in [9.17, 15) is 4.79 Å². The molecule has 0 N–H and O–H groups in total. The number of carbonyl (C=O) groups excluding carboxylic acids is 1. The first kappa shape index (κ1) is 21.9. The van der Waals surface area contributed by atoms with Gasteiger partial charge in [-0.25, -0.2) is 0 Å². The lowest BCUT2D eigenvalue weighted by Crippen LogP contribution is -2.48. The smallest absolute Gasteiger partial charge is 0.227 e. The number of likely N-dealkylation sites (N-methyl/N-ethyl adjacent to an activating group) is 1. The summed E-state index contributed by atoms with van der Waals surface area (Å²) in [6.45, 7) is 8.06. The van der Waals surface area contributed by atoms with Crippen LogP contribution < -0.4 is 4.90 Å². The highest BCUT2D eigenvalue weighted by Crippen LogP contribution is 2.42. The van der Waals surface area contributed by atoms with Crippen LogP contribution in [0.3, 0.4) is 0 Å². The summed E-state index contributed by atoms with van der Waals surface area (Å²) >= 11 is 6.15. The normalized spacial score (nSPS) is 18.5. The van der Waals surface area contributed by atoms with Crippen LogP contribution in [0.5, 0.6) is 0 Å². The third-order valence-corrected chi connectivity index (χ3v) is 7.28. The quantitative estimate of drug-likeness (QED) is 0.653. The number of rotatable bonds is 6. The van der Waals surface area contributed by atoms with Crippen LogP contribution in [0.1, 0.15) is 30.4 Å². The molecule has 2 aromatic carbocycles. The summed E-state index contributed by atoms with van der Waals surface area (Å²) in [6, 6.07) is 16.6. The molecule has 1 fully saturated rings. The lowest BCUT2D eigenvalue weighted by molar-refractivity contribution is -0.119. The molecule has 0 atom stereocenters. The predicted molar refractivity (Wildman–Crippen MR) is 129 cm³/mol. The van der Waals surface area contributed by atoms with E-state index in [1.54, 1.807) is 0 Å². The summed E-state index contributed by atoms with van der Waals surface area (Å²) in [4.78, 5) is 19.2. The second-order valence-corrected chi connectivity index (χ2v) is 9.38. The number of nitrogens with zero attached hydrogens (tertiary/aromatic N) is 3. The van der Waals surface area contributed by atoms with E-state index < -0.39 is 0 Å². The minimum atomic E-state index is -0.0713. The Bertz CT molecular complexity index is 945. The van der Waals surface area contributed by atoms with Crippen molar-refractivity contribution in [2.24, 2.45) is 0 Å². The predicted octanol–water partition coefficient (Wildman–Crippen LogP) is 4.73. The van der Waals surface area contributed by atoms with Crippen LogP contribution in [0.4, 0.5) is 5.69 Å². The fraction of sp³-hybridized carbons (Fsp3) is 0.423. The molecule has 2 aliphatic rings. The fourth-order valence-corrected chi connectivity index (χ4v) is 5.21. The first-order valence-electron chi connectivity index (χ1n) is 11.1. The van der Waals surface area contributed by atoms with Crippen LogP contribution in [0.25, 0.3) is 0 Å². The number of carbonyl (C=O) groups is 1. The standard InChI is InChI=1S/C26H32ClN3O/c1-20(28(2)3)26(22-9-11-23(27)12-10-22)14-16-29(17-15-26)18-19-30-24-7-5-4-6-21(24)8-13-25(30)31/h4-7,9-12H,1,8,13-19H2,2-3H3. The summed E-state index contributed by atoms with van der Waals surface area (Å²) in [5.74, 6) is 0.243. The zero-order chi connectivity index (χ0) is 22.0. The van der Waals surface area contributed by atoms with Gasteiger partial charge in [0.25, 0.3) is 0 Å². The molecule has 0 bridgehead atoms. The first-order chi connectivity index (χ1) is 14.9. The number of halogens is 1. The molecular formula is C26H32ClN3O. The van der Waals surface area contributed by atoms with E-state index in [2.05, 4.69) is 60.8 Å². The van der Waals surface area contributed by atoms with Gasteiger partial charge in [-0.15, -0.1) is 0 Å². The van der Waals surface area contributed by atoms with Crippen LogP contribution in [0.15, 0.2) is 60.8 Å². The van der Waals surface area contributed by atoms with Gasteiger partial charge >= 0.3 is 0 Å². The fourth-order valence-electron chi connectivity index (χ4n) is 5.08. The molecule has 1 amide bonds. The number of anilines is 1. The number of hydrogen-bond acceptors (Lipinski definition) is 3. The van der Waals surface area contributed by atoms with Crippen molar-refractivity contribution in [3.05, 3.63) is 77.0 Å². The molecule has 4 rings (SSSR count). The zero-order valence-electron chi connectivity index (χ0n) is 18.6. The lowest BCUT2D eigenvalue weighted by Gasteiger charge is -2.46. The molecule has 31 heavy (non-hydrogen) atoms. The third-order valence-electron chi connectivity index (χ3n) is 7.03. The van der Waals surface area contributed by atoms with Crippen molar-refractivity contribution in [2.75, 3.05) is 45.2 Å². The Hall–Kier alpha value is -2.30. The van der Waals surface area contributed by atoms with Crippen LogP contribution in [0, 0.1) is 0 Å². The van der Waals surface area contributed by atoms with E-state index in [0.717, 1.165) is 61.8 Å². The van der Waals surface area contributed by atoms with Crippen LogP contribution in [-0.2, 0) is 16.6 Å². The van der Waals surface area contributed by atoms with E-state index in [1.165, 1.54) is 11.1 Å². The first-order valence-corrected chi connectivity index (χ1v) is 11.5. The second kappa shape index (κ2) is 9.05. The highest BCUT2D eigenvalue weighted by molar-refractivity contribution is 6.30. The molecule has 5 heteroatoms. The summed E-state index contributed by atoms with van der Waals surface area (Å²) in [5, 5.41) is 0.762. The van der Waals surface area contributed by atoms with Gasteiger partial charge < -0.3 is 14.7 Å². The van der Waals surface area contributed by atoms with Crippen molar-refractivity contribution >= 4 is 23.2 Å². The molecule has 0 radical (unpaired) electrons. The minimum absolute atomic E-state index is 0.0713. The SMILES string of the molecule is C=C(N(C)C)C1(c2ccc(Cl)cc2)CCN(CCN2C(=O)CCc3ccccc32)CC1. The molecule has 0 unspecified atom stereocenters. The van der Waals surface area contributed by atoms with Gasteiger partial charge in [0.15, 0.2) is 0 Å². The minimum Gasteiger partial charge on any atom is -0.381 e. The van der Waals surface area contributed by atoms with E-state index in [0.29, 0.717) is 6.42 Å². The number of likely N-dealkylation sites (tertiary alicyclic amines) is 1. The van der Waals surface area contributed by atoms with Gasteiger partial charge in [0.1, 0.15) is 0 Å². The number of benzene rings is 2. The van der Waals surface area contributed by atoms with Crippen molar-refractivity contribution in [1.82, 2.24) is 9.80 Å². The lowest BCUT2D eigenvalue weighted by atomic mass is 9.70. The maximum Gasteiger partial charge on any atom is 0.227 e. The highest BCUT2D eigenvalue weighted by atomic mass is 35.5. The van der Waals surface area contributed by atoms with E-state index in [-0.39, 0.29) is 11.3 Å². The van der Waals surface area contributed by atoms with Crippen LogP contribution in [0.2, 0.25) is 5.02 Å². The monoisotopic (exact) mass is 437 g/mol. The molecule has 0 aliphatic carbocycles. The Kier molecular flexibility index (Phi) is 6.40. The molecule has 164 valence electrons. The van der Waals surface area contributed by atoms with Gasteiger partial charge in [-0.3, -0.25) is 4.79 Å². The van der Waals surface area contributed by atoms with Gasteiger partial charge in [-0.2, -0.15) is 0 Å². The second-order valence-electron chi connectivity index (χ2n) is 8.95. The molecule has 2 aromatic rings. The Morgan fingerprint density at radius 3 is 2.39 bits per heavy atom. The molecular weight excluding hydrogens is 406 g/mol. The van der Waals surface area contributed by atoms with Crippen LogP contribution in [-0.4, -0.2) is 56.0 Å². The largest absolute Gasteiger partial charge is 0.381 e. The molecule has 1 saturated heterocycles. The average Bonchev–Trinajstić information content (AvgIpc) is 2.79. The topological polar surface area (TPSA) is 26.8 Å². The number of allylic oxidation sites excluding steroid dienone is 1. The number of piperidine rings is 1. The average molecular weight is 438 g/mol. The Labute approximate surface area is 191 Å². The molecule has 2 heterocycles. The summed E-state index contributed by atoms with van der Waals surface area (Å²) in [7, 11) is 4.15. The molecule has 2 aliphatic heterocycles. The molecule has 0 saturated carbocycles. The summed E-state index contributed by atoms with van der Waals surface area (Å²) in [6.07, 6.45) is 3.48. The van der Waals surface area contributed by atoms with Gasteiger partial charge in [0.2, 0.25) is 5.91 Å². The summed E-state index contributed by atoms with van der Waals surface area (Å²) in [5.41, 5.74) is 4.74. The van der Waals surface area contributed by atoms with Gasteiger partial charge in [0, 0.05) is 55.4 Å². The maximum atomic E-state index is 12.6.